The number of para-hydroxylation sites is 1. The zero-order valence-corrected chi connectivity index (χ0v) is 17.4. The maximum absolute atomic E-state index is 12.5. The van der Waals surface area contributed by atoms with Crippen molar-refractivity contribution in [2.45, 2.75) is 20.4 Å². The van der Waals surface area contributed by atoms with Gasteiger partial charge in [0.2, 0.25) is 11.8 Å². The molecule has 4 rings (SSSR count). The number of carbonyl (C=O) groups excluding carboxylic acids is 2. The predicted octanol–water partition coefficient (Wildman–Crippen LogP) is 5.40. The molecule has 1 aromatic heterocycles. The van der Waals surface area contributed by atoms with E-state index in [-0.39, 0.29) is 11.8 Å². The summed E-state index contributed by atoms with van der Waals surface area (Å²) in [5, 5.41) is 3.47. The second kappa shape index (κ2) is 8.13. The molecule has 1 aliphatic heterocycles. The summed E-state index contributed by atoms with van der Waals surface area (Å²) >= 11 is 6.16. The SMILES string of the molecule is CC(=O)Nc1ccccc1-c1cc2c(cn1)/C=C\c1cc(Cl)ccc1N(C(C)=O)C2. The van der Waals surface area contributed by atoms with Crippen LogP contribution in [0.3, 0.4) is 0 Å². The second-order valence-electron chi connectivity index (χ2n) is 7.14. The van der Waals surface area contributed by atoms with Crippen LogP contribution in [0.1, 0.15) is 30.5 Å². The monoisotopic (exact) mass is 417 g/mol. The molecular formula is C24H20ClN3O2. The van der Waals surface area contributed by atoms with E-state index in [1.807, 2.05) is 54.6 Å². The number of aromatic nitrogens is 1. The van der Waals surface area contributed by atoms with Gasteiger partial charge in [-0.3, -0.25) is 14.6 Å². The van der Waals surface area contributed by atoms with Crippen molar-refractivity contribution in [3.05, 3.63) is 76.4 Å². The van der Waals surface area contributed by atoms with E-state index in [0.717, 1.165) is 33.6 Å². The largest absolute Gasteiger partial charge is 0.326 e. The van der Waals surface area contributed by atoms with Gasteiger partial charge in [0.15, 0.2) is 0 Å². The standard InChI is InChI=1S/C24H20ClN3O2/c1-15(29)27-22-6-4-3-5-21(22)23-12-19-14-28(16(2)30)24-10-9-20(25)11-17(24)7-8-18(19)13-26-23/h3-13H,14H2,1-2H3,(H,27,29)/b8-7-. The lowest BCUT2D eigenvalue weighted by Gasteiger charge is -2.26. The van der Waals surface area contributed by atoms with Crippen LogP contribution in [0, 0.1) is 0 Å². The van der Waals surface area contributed by atoms with Crippen molar-refractivity contribution in [1.29, 1.82) is 0 Å². The smallest absolute Gasteiger partial charge is 0.224 e. The molecule has 0 saturated carbocycles. The topological polar surface area (TPSA) is 62.3 Å². The van der Waals surface area contributed by atoms with Crippen LogP contribution in [0.2, 0.25) is 5.02 Å². The van der Waals surface area contributed by atoms with Gasteiger partial charge in [0.1, 0.15) is 0 Å². The third-order valence-corrected chi connectivity index (χ3v) is 5.20. The Hall–Kier alpha value is -3.44. The molecule has 30 heavy (non-hydrogen) atoms. The summed E-state index contributed by atoms with van der Waals surface area (Å²) in [7, 11) is 0. The van der Waals surface area contributed by atoms with Crippen LogP contribution in [0.5, 0.6) is 0 Å². The Bertz CT molecular complexity index is 1190. The Morgan fingerprint density at radius 3 is 2.57 bits per heavy atom. The van der Waals surface area contributed by atoms with E-state index >= 15 is 0 Å². The van der Waals surface area contributed by atoms with Crippen molar-refractivity contribution in [2.75, 3.05) is 10.2 Å². The fourth-order valence-electron chi connectivity index (χ4n) is 3.57. The first kappa shape index (κ1) is 19.9. The zero-order chi connectivity index (χ0) is 21.3. The number of anilines is 2. The van der Waals surface area contributed by atoms with Gasteiger partial charge in [0.05, 0.1) is 23.6 Å². The Morgan fingerprint density at radius 1 is 1.03 bits per heavy atom. The van der Waals surface area contributed by atoms with E-state index < -0.39 is 0 Å². The lowest BCUT2D eigenvalue weighted by atomic mass is 10.00. The number of hydrogen-bond acceptors (Lipinski definition) is 3. The molecule has 2 amide bonds. The Labute approximate surface area is 180 Å². The van der Waals surface area contributed by atoms with Gasteiger partial charge in [-0.05, 0) is 47.0 Å². The number of carbonyl (C=O) groups is 2. The molecule has 0 atom stereocenters. The number of nitrogens with one attached hydrogen (secondary N) is 1. The fourth-order valence-corrected chi connectivity index (χ4v) is 3.75. The molecule has 2 aromatic carbocycles. The number of hydrogen-bond donors (Lipinski definition) is 1. The van der Waals surface area contributed by atoms with Crippen LogP contribution >= 0.6 is 11.6 Å². The number of amides is 2. The van der Waals surface area contributed by atoms with Crippen molar-refractivity contribution in [3.63, 3.8) is 0 Å². The lowest BCUT2D eigenvalue weighted by molar-refractivity contribution is -0.116. The highest BCUT2D eigenvalue weighted by atomic mass is 35.5. The summed E-state index contributed by atoms with van der Waals surface area (Å²) in [6.45, 7) is 3.43. The van der Waals surface area contributed by atoms with Gasteiger partial charge >= 0.3 is 0 Å². The first-order valence-electron chi connectivity index (χ1n) is 9.54. The maximum atomic E-state index is 12.5. The molecule has 0 radical (unpaired) electrons. The quantitative estimate of drug-likeness (QED) is 0.607. The molecule has 5 nitrogen and oxygen atoms in total. The highest BCUT2D eigenvalue weighted by molar-refractivity contribution is 6.30. The summed E-state index contributed by atoms with van der Waals surface area (Å²) in [6, 6.07) is 15.0. The van der Waals surface area contributed by atoms with Crippen LogP contribution in [-0.2, 0) is 16.1 Å². The number of rotatable bonds is 2. The first-order chi connectivity index (χ1) is 14.4. The van der Waals surface area contributed by atoms with Crippen molar-refractivity contribution in [2.24, 2.45) is 0 Å². The average Bonchev–Trinajstić information content (AvgIpc) is 2.69. The van der Waals surface area contributed by atoms with Crippen LogP contribution in [0.4, 0.5) is 11.4 Å². The molecule has 0 bridgehead atoms. The maximum Gasteiger partial charge on any atom is 0.224 e. The number of nitrogens with zero attached hydrogens (tertiary/aromatic N) is 2. The van der Waals surface area contributed by atoms with E-state index in [1.165, 1.54) is 6.92 Å². The molecular weight excluding hydrogens is 398 g/mol. The zero-order valence-electron chi connectivity index (χ0n) is 16.6. The van der Waals surface area contributed by atoms with E-state index in [2.05, 4.69) is 10.3 Å². The molecule has 0 unspecified atom stereocenters. The Balaban J connectivity index is 1.82. The minimum atomic E-state index is -0.144. The Morgan fingerprint density at radius 2 is 1.80 bits per heavy atom. The normalized spacial score (nSPS) is 13.5. The second-order valence-corrected chi connectivity index (χ2v) is 7.57. The van der Waals surface area contributed by atoms with E-state index in [0.29, 0.717) is 17.3 Å². The van der Waals surface area contributed by atoms with Gasteiger partial charge in [-0.15, -0.1) is 0 Å². The highest BCUT2D eigenvalue weighted by Crippen LogP contribution is 2.33. The minimum absolute atomic E-state index is 0.0585. The molecule has 1 aliphatic rings. The van der Waals surface area contributed by atoms with Crippen LogP contribution in [-0.4, -0.2) is 16.8 Å². The average molecular weight is 418 g/mol. The molecule has 0 aliphatic carbocycles. The van der Waals surface area contributed by atoms with Crippen molar-refractivity contribution in [1.82, 2.24) is 4.98 Å². The summed E-state index contributed by atoms with van der Waals surface area (Å²) in [6.07, 6.45) is 5.72. The molecule has 1 N–H and O–H groups in total. The Kier molecular flexibility index (Phi) is 5.38. The number of pyridine rings is 1. The third kappa shape index (κ3) is 3.98. The van der Waals surface area contributed by atoms with Gasteiger partial charge < -0.3 is 10.2 Å². The molecule has 3 aromatic rings. The van der Waals surface area contributed by atoms with Gasteiger partial charge in [-0.25, -0.2) is 0 Å². The van der Waals surface area contributed by atoms with Gasteiger partial charge in [0, 0.05) is 30.6 Å². The van der Waals surface area contributed by atoms with Crippen LogP contribution in [0.25, 0.3) is 23.4 Å². The lowest BCUT2D eigenvalue weighted by Crippen LogP contribution is -2.29. The number of halogens is 1. The molecule has 2 heterocycles. The van der Waals surface area contributed by atoms with Gasteiger partial charge in [-0.2, -0.15) is 0 Å². The minimum Gasteiger partial charge on any atom is -0.326 e. The predicted molar refractivity (Wildman–Crippen MR) is 121 cm³/mol. The van der Waals surface area contributed by atoms with Crippen molar-refractivity contribution < 1.29 is 9.59 Å². The van der Waals surface area contributed by atoms with E-state index in [9.17, 15) is 9.59 Å². The molecule has 6 heteroatoms. The van der Waals surface area contributed by atoms with Crippen LogP contribution in [0.15, 0.2) is 54.7 Å². The molecule has 0 spiro atoms. The summed E-state index contributed by atoms with van der Waals surface area (Å²) in [4.78, 5) is 30.4. The fraction of sp³-hybridized carbons (Fsp3) is 0.125. The van der Waals surface area contributed by atoms with Crippen LogP contribution < -0.4 is 10.2 Å². The number of fused-ring (bicyclic) bond motifs is 2. The van der Waals surface area contributed by atoms with Gasteiger partial charge in [-0.1, -0.05) is 42.0 Å². The van der Waals surface area contributed by atoms with E-state index in [4.69, 9.17) is 11.6 Å². The summed E-state index contributed by atoms with van der Waals surface area (Å²) < 4.78 is 0. The molecule has 0 saturated heterocycles. The number of benzene rings is 2. The van der Waals surface area contributed by atoms with E-state index in [1.54, 1.807) is 24.1 Å². The van der Waals surface area contributed by atoms with Gasteiger partial charge in [0.25, 0.3) is 0 Å². The highest BCUT2D eigenvalue weighted by Gasteiger charge is 2.20. The molecule has 150 valence electrons. The van der Waals surface area contributed by atoms with Crippen molar-refractivity contribution in [3.8, 4) is 11.3 Å². The molecule has 0 fully saturated rings. The summed E-state index contributed by atoms with van der Waals surface area (Å²) in [5.41, 5.74) is 5.82. The summed E-state index contributed by atoms with van der Waals surface area (Å²) in [5.74, 6) is -0.202. The van der Waals surface area contributed by atoms with Crippen molar-refractivity contribution >= 4 is 46.9 Å². The first-order valence-corrected chi connectivity index (χ1v) is 9.92. The third-order valence-electron chi connectivity index (χ3n) is 4.97.